The molecule has 0 aliphatic carbocycles. The van der Waals surface area contributed by atoms with Crippen LogP contribution >= 0.6 is 0 Å². The zero-order valence-electron chi connectivity index (χ0n) is 13.9. The first-order valence-corrected chi connectivity index (χ1v) is 8.04. The molecule has 1 aliphatic heterocycles. The summed E-state index contributed by atoms with van der Waals surface area (Å²) in [4.78, 5) is 12.9. The van der Waals surface area contributed by atoms with Gasteiger partial charge in [0, 0.05) is 0 Å². The Morgan fingerprint density at radius 2 is 1.76 bits per heavy atom. The highest BCUT2D eigenvalue weighted by atomic mass is 19.2. The molecule has 7 heteroatoms. The van der Waals surface area contributed by atoms with Gasteiger partial charge in [0.25, 0.3) is 0 Å². The predicted molar refractivity (Wildman–Crippen MR) is 91.5 cm³/mol. The second-order valence-electron chi connectivity index (χ2n) is 6.74. The van der Waals surface area contributed by atoms with E-state index in [1.165, 1.54) is 18.2 Å². The Morgan fingerprint density at radius 3 is 2.32 bits per heavy atom. The first-order chi connectivity index (χ1) is 11.8. The number of hydrogen-bond acceptors (Lipinski definition) is 3. The molecule has 2 aromatic carbocycles. The predicted octanol–water partition coefficient (Wildman–Crippen LogP) is 1.93. The third-order valence-corrected chi connectivity index (χ3v) is 4.60. The van der Waals surface area contributed by atoms with Crippen molar-refractivity contribution in [2.75, 3.05) is 5.32 Å². The number of carbonyl (C=O) groups excluding carboxylic acids is 1. The monoisotopic (exact) mass is 345 g/mol. The van der Waals surface area contributed by atoms with Crippen LogP contribution in [0.3, 0.4) is 0 Å². The van der Waals surface area contributed by atoms with Gasteiger partial charge in [-0.15, -0.1) is 0 Å². The summed E-state index contributed by atoms with van der Waals surface area (Å²) in [6, 6.07) is 8.71. The molecule has 1 aliphatic rings. The summed E-state index contributed by atoms with van der Waals surface area (Å²) in [5.74, 6) is -2.40. The van der Waals surface area contributed by atoms with Gasteiger partial charge in [-0.3, -0.25) is 4.79 Å². The zero-order valence-corrected chi connectivity index (χ0v) is 13.9. The van der Waals surface area contributed by atoms with Crippen molar-refractivity contribution in [1.29, 1.82) is 0 Å². The average molecular weight is 345 g/mol. The fourth-order valence-corrected chi connectivity index (χ4v) is 3.53. The Kier molecular flexibility index (Phi) is 4.39. The second kappa shape index (κ2) is 6.24. The van der Waals surface area contributed by atoms with Crippen molar-refractivity contribution in [3.63, 3.8) is 0 Å². The van der Waals surface area contributed by atoms with Gasteiger partial charge in [-0.2, -0.15) is 0 Å². The summed E-state index contributed by atoms with van der Waals surface area (Å²) in [6.07, 6.45) is 0.401. The lowest BCUT2D eigenvalue weighted by Gasteiger charge is -2.30. The Bertz CT molecular complexity index is 824. The number of anilines is 1. The minimum absolute atomic E-state index is 0.105. The maximum Gasteiger partial charge on any atom is 0.488 e. The van der Waals surface area contributed by atoms with E-state index in [9.17, 15) is 23.6 Å². The van der Waals surface area contributed by atoms with E-state index in [2.05, 4.69) is 5.32 Å². The lowest BCUT2D eigenvalue weighted by Crippen LogP contribution is -2.38. The molecule has 0 spiro atoms. The van der Waals surface area contributed by atoms with Crippen molar-refractivity contribution in [2.45, 2.75) is 25.7 Å². The van der Waals surface area contributed by atoms with Crippen LogP contribution in [0.25, 0.3) is 0 Å². The number of halogens is 2. The Balaban J connectivity index is 2.22. The molecular weight excluding hydrogens is 327 g/mol. The number of nitrogens with one attached hydrogen (secondary N) is 1. The van der Waals surface area contributed by atoms with Crippen molar-refractivity contribution in [2.24, 2.45) is 5.92 Å². The minimum Gasteiger partial charge on any atom is -0.423 e. The maximum atomic E-state index is 14.2. The smallest absolute Gasteiger partial charge is 0.423 e. The van der Waals surface area contributed by atoms with Gasteiger partial charge in [-0.1, -0.05) is 44.2 Å². The summed E-state index contributed by atoms with van der Waals surface area (Å²) < 4.78 is 27.8. The fourth-order valence-electron chi connectivity index (χ4n) is 3.53. The molecule has 25 heavy (non-hydrogen) atoms. The fraction of sp³-hybridized carbons (Fsp3) is 0.278. The molecule has 0 saturated carbocycles. The molecule has 0 radical (unpaired) electrons. The molecule has 0 bridgehead atoms. The van der Waals surface area contributed by atoms with E-state index in [4.69, 9.17) is 0 Å². The quantitative estimate of drug-likeness (QED) is 0.742. The molecule has 0 saturated heterocycles. The lowest BCUT2D eigenvalue weighted by atomic mass is 9.69. The third-order valence-electron chi connectivity index (χ3n) is 4.60. The Labute approximate surface area is 144 Å². The van der Waals surface area contributed by atoms with Crippen molar-refractivity contribution in [3.8, 4) is 0 Å². The second-order valence-corrected chi connectivity index (χ2v) is 6.74. The molecule has 1 atom stereocenters. The summed E-state index contributed by atoms with van der Waals surface area (Å²) in [5.41, 5.74) is -0.0173. The highest BCUT2D eigenvalue weighted by molar-refractivity contribution is 6.58. The SMILES string of the molecule is CC(C)C[C@]1(c2ccc(B(O)O)cc2)C(=O)Nc2c1ccc(F)c2F. The highest BCUT2D eigenvalue weighted by Crippen LogP contribution is 2.47. The van der Waals surface area contributed by atoms with Gasteiger partial charge in [-0.05, 0) is 35.0 Å². The first-order valence-electron chi connectivity index (χ1n) is 8.04. The summed E-state index contributed by atoms with van der Waals surface area (Å²) in [5, 5.41) is 21.0. The average Bonchev–Trinajstić information content (AvgIpc) is 2.84. The molecule has 4 nitrogen and oxygen atoms in total. The molecule has 0 fully saturated rings. The molecule has 1 amide bonds. The van der Waals surface area contributed by atoms with Crippen LogP contribution in [0.15, 0.2) is 36.4 Å². The van der Waals surface area contributed by atoms with E-state index in [0.717, 1.165) is 6.07 Å². The Morgan fingerprint density at radius 1 is 1.12 bits per heavy atom. The van der Waals surface area contributed by atoms with E-state index in [-0.39, 0.29) is 17.1 Å². The number of benzene rings is 2. The van der Waals surface area contributed by atoms with E-state index in [0.29, 0.717) is 17.5 Å². The van der Waals surface area contributed by atoms with E-state index in [1.807, 2.05) is 13.8 Å². The first kappa shape index (κ1) is 17.6. The van der Waals surface area contributed by atoms with Crippen LogP contribution in [0, 0.1) is 17.6 Å². The van der Waals surface area contributed by atoms with Gasteiger partial charge in [0.1, 0.15) is 5.41 Å². The van der Waals surface area contributed by atoms with E-state index < -0.39 is 30.1 Å². The van der Waals surface area contributed by atoms with Crippen molar-refractivity contribution in [3.05, 3.63) is 59.2 Å². The summed E-state index contributed by atoms with van der Waals surface area (Å²) in [6.45, 7) is 3.89. The molecule has 0 unspecified atom stereocenters. The van der Waals surface area contributed by atoms with Gasteiger partial charge >= 0.3 is 7.12 Å². The molecule has 3 N–H and O–H groups in total. The Hall–Kier alpha value is -2.25. The van der Waals surface area contributed by atoms with Gasteiger partial charge in [0.05, 0.1) is 5.69 Å². The van der Waals surface area contributed by atoms with Crippen molar-refractivity contribution in [1.82, 2.24) is 0 Å². The van der Waals surface area contributed by atoms with Crippen molar-refractivity contribution < 1.29 is 23.6 Å². The van der Waals surface area contributed by atoms with Crippen LogP contribution < -0.4 is 10.8 Å². The molecule has 2 aromatic rings. The van der Waals surface area contributed by atoms with E-state index in [1.54, 1.807) is 12.1 Å². The molecule has 0 aromatic heterocycles. The van der Waals surface area contributed by atoms with Crippen LogP contribution in [0.4, 0.5) is 14.5 Å². The van der Waals surface area contributed by atoms with Gasteiger partial charge in [-0.25, -0.2) is 8.78 Å². The minimum atomic E-state index is -1.62. The zero-order chi connectivity index (χ0) is 18.4. The number of rotatable bonds is 4. The molecule has 130 valence electrons. The molecule has 1 heterocycles. The number of carbonyl (C=O) groups is 1. The number of hydrogen-bond donors (Lipinski definition) is 3. The maximum absolute atomic E-state index is 14.2. The van der Waals surface area contributed by atoms with Gasteiger partial charge in [0.15, 0.2) is 11.6 Å². The van der Waals surface area contributed by atoms with Crippen LogP contribution in [-0.2, 0) is 10.2 Å². The van der Waals surface area contributed by atoms with Crippen LogP contribution in [0.2, 0.25) is 0 Å². The molecular formula is C18H18BF2NO3. The van der Waals surface area contributed by atoms with E-state index >= 15 is 0 Å². The number of fused-ring (bicyclic) bond motifs is 1. The summed E-state index contributed by atoms with van der Waals surface area (Å²) >= 11 is 0. The normalized spacial score (nSPS) is 19.1. The number of amides is 1. The third kappa shape index (κ3) is 2.73. The van der Waals surface area contributed by atoms with Crippen LogP contribution in [0.1, 0.15) is 31.4 Å². The van der Waals surface area contributed by atoms with Gasteiger partial charge < -0.3 is 15.4 Å². The van der Waals surface area contributed by atoms with Crippen LogP contribution in [-0.4, -0.2) is 23.1 Å². The highest BCUT2D eigenvalue weighted by Gasteiger charge is 2.49. The topological polar surface area (TPSA) is 69.6 Å². The van der Waals surface area contributed by atoms with Crippen LogP contribution in [0.5, 0.6) is 0 Å². The van der Waals surface area contributed by atoms with Gasteiger partial charge in [0.2, 0.25) is 5.91 Å². The largest absolute Gasteiger partial charge is 0.488 e. The van der Waals surface area contributed by atoms with Crippen molar-refractivity contribution >= 4 is 24.2 Å². The lowest BCUT2D eigenvalue weighted by molar-refractivity contribution is -0.120. The standard InChI is InChI=1S/C18H18BF2NO3/c1-10(2)9-18(11-3-5-12(6-4-11)19(24)25)13-7-8-14(20)15(21)16(13)22-17(18)23/h3-8,10,24-25H,9H2,1-2H3,(H,22,23)/t18-/m1/s1. The summed E-state index contributed by atoms with van der Waals surface area (Å²) in [7, 11) is -1.62. The molecule has 3 rings (SSSR count).